The first-order chi connectivity index (χ1) is 17.0. The zero-order valence-electron chi connectivity index (χ0n) is 19.7. The average Bonchev–Trinajstić information content (AvgIpc) is 3.32. The molecule has 180 valence electrons. The molecule has 2 aliphatic heterocycles. The highest BCUT2D eigenvalue weighted by Crippen LogP contribution is 2.34. The Morgan fingerprint density at radius 1 is 1.31 bits per heavy atom. The molecule has 1 amide bonds. The van der Waals surface area contributed by atoms with Crippen molar-refractivity contribution in [2.45, 2.75) is 38.4 Å². The minimum atomic E-state index is -0.989. The van der Waals surface area contributed by atoms with Gasteiger partial charge in [-0.15, -0.1) is 0 Å². The molecule has 1 atom stereocenters. The van der Waals surface area contributed by atoms with Gasteiger partial charge < -0.3 is 24.5 Å². The smallest absolute Gasteiger partial charge is 0.251 e. The van der Waals surface area contributed by atoms with Gasteiger partial charge in [0.15, 0.2) is 0 Å². The summed E-state index contributed by atoms with van der Waals surface area (Å²) >= 11 is 0. The van der Waals surface area contributed by atoms with Crippen LogP contribution in [-0.4, -0.2) is 64.4 Å². The van der Waals surface area contributed by atoms with Gasteiger partial charge in [0, 0.05) is 49.3 Å². The van der Waals surface area contributed by atoms with Gasteiger partial charge in [0.05, 0.1) is 18.8 Å². The molecular weight excluding hydrogens is 444 g/mol. The summed E-state index contributed by atoms with van der Waals surface area (Å²) in [6.45, 7) is 3.89. The Morgan fingerprint density at radius 3 is 2.86 bits per heavy atom. The number of aliphatic hydroxyl groups excluding tert-OH is 1. The first-order valence-electron chi connectivity index (χ1n) is 12.0. The summed E-state index contributed by atoms with van der Waals surface area (Å²) in [4.78, 5) is 21.6. The van der Waals surface area contributed by atoms with Gasteiger partial charge in [-0.3, -0.25) is 4.79 Å². The maximum Gasteiger partial charge on any atom is 0.251 e. The number of amides is 1. The van der Waals surface area contributed by atoms with Crippen molar-refractivity contribution in [1.82, 2.24) is 14.9 Å². The lowest BCUT2D eigenvalue weighted by molar-refractivity contribution is -0.138. The maximum absolute atomic E-state index is 12.1. The predicted octanol–water partition coefficient (Wildman–Crippen LogP) is 3.66. The Balaban J connectivity index is 1.41. The fourth-order valence-corrected chi connectivity index (χ4v) is 4.67. The Kier molecular flexibility index (Phi) is 6.53. The Hall–Kier alpha value is -3.67. The number of nitriles is 1. The summed E-state index contributed by atoms with van der Waals surface area (Å²) in [5, 5.41) is 20.3. The molecule has 0 unspecified atom stereocenters. The molecule has 0 aliphatic carbocycles. The highest BCUT2D eigenvalue weighted by Gasteiger charge is 2.22. The molecular formula is C27H28N4O4. The highest BCUT2D eigenvalue weighted by molar-refractivity contribution is 5.95. The van der Waals surface area contributed by atoms with Crippen LogP contribution >= 0.6 is 0 Å². The number of nitrogens with zero attached hydrogens (tertiary/aromatic N) is 3. The van der Waals surface area contributed by atoms with Gasteiger partial charge in [-0.05, 0) is 48.2 Å². The molecule has 0 radical (unpaired) electrons. The number of carbonyl (C=O) groups is 1. The van der Waals surface area contributed by atoms with Crippen molar-refractivity contribution >= 4 is 22.5 Å². The van der Waals surface area contributed by atoms with Crippen molar-refractivity contribution in [3.05, 3.63) is 53.9 Å². The van der Waals surface area contributed by atoms with Gasteiger partial charge in [-0.1, -0.05) is 12.1 Å². The number of fused-ring (bicyclic) bond motifs is 1. The Bertz CT molecular complexity index is 1310. The summed E-state index contributed by atoms with van der Waals surface area (Å²) in [6, 6.07) is 10.1. The number of benzene rings is 1. The van der Waals surface area contributed by atoms with E-state index in [9.17, 15) is 15.2 Å². The number of aromatic amines is 1. The second-order valence-corrected chi connectivity index (χ2v) is 9.01. The van der Waals surface area contributed by atoms with E-state index in [2.05, 4.69) is 22.1 Å². The lowest BCUT2D eigenvalue weighted by Crippen LogP contribution is -2.40. The molecule has 0 spiro atoms. The van der Waals surface area contributed by atoms with Crippen LogP contribution in [-0.2, 0) is 9.53 Å². The second kappa shape index (κ2) is 9.90. The molecule has 3 aromatic rings. The quantitative estimate of drug-likeness (QED) is 0.586. The van der Waals surface area contributed by atoms with Gasteiger partial charge >= 0.3 is 0 Å². The van der Waals surface area contributed by atoms with E-state index < -0.39 is 6.10 Å². The van der Waals surface area contributed by atoms with E-state index in [0.717, 1.165) is 46.1 Å². The number of nitrogens with one attached hydrogen (secondary N) is 1. The van der Waals surface area contributed by atoms with Crippen LogP contribution in [0.5, 0.6) is 5.75 Å². The number of carbonyl (C=O) groups excluding carboxylic acids is 1. The standard InChI is InChI=1S/C27H28N4O4/c1-17(32)27(33)31-8-4-18(5-9-31)21-13-23-24(16-30-26(23)29-15-21)19-2-3-25(20(12-19)14-28)35-22-6-10-34-11-7-22/h2-4,12-13,15-17,22,32H,5-11H2,1H3,(H,29,30)/t17-/m0/s1. The van der Waals surface area contributed by atoms with Crippen molar-refractivity contribution in [2.75, 3.05) is 26.3 Å². The first-order valence-corrected chi connectivity index (χ1v) is 12.0. The normalized spacial score (nSPS) is 17.6. The number of aliphatic hydroxyl groups is 1. The van der Waals surface area contributed by atoms with Gasteiger partial charge in [0.25, 0.3) is 5.91 Å². The fraction of sp³-hybridized carbons (Fsp3) is 0.370. The number of H-pyrrole nitrogens is 1. The minimum absolute atomic E-state index is 0.0668. The number of hydrogen-bond donors (Lipinski definition) is 2. The molecule has 8 nitrogen and oxygen atoms in total. The third-order valence-electron chi connectivity index (χ3n) is 6.65. The summed E-state index contributed by atoms with van der Waals surface area (Å²) in [5.41, 5.74) is 5.28. The lowest BCUT2D eigenvalue weighted by atomic mass is 9.97. The van der Waals surface area contributed by atoms with E-state index in [1.54, 1.807) is 4.90 Å². The molecule has 2 N–H and O–H groups in total. The minimum Gasteiger partial charge on any atom is -0.489 e. The van der Waals surface area contributed by atoms with Crippen LogP contribution in [0.1, 0.15) is 37.3 Å². The highest BCUT2D eigenvalue weighted by atomic mass is 16.5. The number of hydrogen-bond acceptors (Lipinski definition) is 6. The zero-order valence-corrected chi connectivity index (χ0v) is 19.7. The molecule has 4 heterocycles. The average molecular weight is 473 g/mol. The fourth-order valence-electron chi connectivity index (χ4n) is 4.67. The molecule has 0 bridgehead atoms. The summed E-state index contributed by atoms with van der Waals surface area (Å²) in [7, 11) is 0. The van der Waals surface area contributed by atoms with E-state index in [1.807, 2.05) is 36.7 Å². The molecule has 2 aliphatic rings. The van der Waals surface area contributed by atoms with Crippen LogP contribution in [0.25, 0.3) is 27.7 Å². The molecule has 5 rings (SSSR count). The molecule has 8 heteroatoms. The van der Waals surface area contributed by atoms with Crippen molar-refractivity contribution in [2.24, 2.45) is 0 Å². The molecule has 35 heavy (non-hydrogen) atoms. The number of pyridine rings is 1. The van der Waals surface area contributed by atoms with Crippen LogP contribution in [0.15, 0.2) is 42.7 Å². The van der Waals surface area contributed by atoms with Gasteiger partial charge in [-0.2, -0.15) is 5.26 Å². The third kappa shape index (κ3) is 4.78. The Morgan fingerprint density at radius 2 is 2.14 bits per heavy atom. The van der Waals surface area contributed by atoms with Crippen LogP contribution in [0.2, 0.25) is 0 Å². The monoisotopic (exact) mass is 472 g/mol. The molecule has 1 saturated heterocycles. The van der Waals surface area contributed by atoms with E-state index in [0.29, 0.717) is 44.0 Å². The molecule has 1 fully saturated rings. The SMILES string of the molecule is C[C@H](O)C(=O)N1CC=C(c2cnc3[nH]cc(-c4ccc(OC5CCOCC5)c(C#N)c4)c3c2)CC1. The van der Waals surface area contributed by atoms with E-state index in [4.69, 9.17) is 9.47 Å². The summed E-state index contributed by atoms with van der Waals surface area (Å²) < 4.78 is 11.5. The number of aromatic nitrogens is 2. The van der Waals surface area contributed by atoms with Crippen molar-refractivity contribution in [3.8, 4) is 22.9 Å². The molecule has 1 aromatic carbocycles. The lowest BCUT2D eigenvalue weighted by Gasteiger charge is -2.27. The van der Waals surface area contributed by atoms with Crippen LogP contribution in [0.3, 0.4) is 0 Å². The van der Waals surface area contributed by atoms with Crippen molar-refractivity contribution in [3.63, 3.8) is 0 Å². The second-order valence-electron chi connectivity index (χ2n) is 9.01. The summed E-state index contributed by atoms with van der Waals surface area (Å²) in [5.74, 6) is 0.352. The molecule has 0 saturated carbocycles. The van der Waals surface area contributed by atoms with Gasteiger partial charge in [-0.25, -0.2) is 4.98 Å². The van der Waals surface area contributed by atoms with Crippen LogP contribution in [0, 0.1) is 11.3 Å². The van der Waals surface area contributed by atoms with E-state index >= 15 is 0 Å². The van der Waals surface area contributed by atoms with Gasteiger partial charge in [0.2, 0.25) is 0 Å². The van der Waals surface area contributed by atoms with E-state index in [-0.39, 0.29) is 12.0 Å². The predicted molar refractivity (Wildman–Crippen MR) is 132 cm³/mol. The first kappa shape index (κ1) is 23.1. The number of ether oxygens (including phenoxy) is 2. The summed E-state index contributed by atoms with van der Waals surface area (Å²) in [6.07, 6.45) is 7.20. The third-order valence-corrected chi connectivity index (χ3v) is 6.65. The largest absolute Gasteiger partial charge is 0.489 e. The van der Waals surface area contributed by atoms with Gasteiger partial charge in [0.1, 0.15) is 29.7 Å². The number of rotatable bonds is 5. The maximum atomic E-state index is 12.1. The zero-order chi connectivity index (χ0) is 24.4. The topological polar surface area (TPSA) is 111 Å². The Labute approximate surface area is 203 Å². The molecule has 2 aromatic heterocycles. The van der Waals surface area contributed by atoms with Crippen LogP contribution < -0.4 is 4.74 Å². The van der Waals surface area contributed by atoms with Crippen molar-refractivity contribution < 1.29 is 19.4 Å². The van der Waals surface area contributed by atoms with Crippen LogP contribution in [0.4, 0.5) is 0 Å². The van der Waals surface area contributed by atoms with E-state index in [1.165, 1.54) is 6.92 Å². The van der Waals surface area contributed by atoms with Crippen molar-refractivity contribution in [1.29, 1.82) is 5.26 Å².